The predicted octanol–water partition coefficient (Wildman–Crippen LogP) is 0.273. The number of nitrogens with one attached hydrogen (secondary N) is 2. The molecule has 0 saturated heterocycles. The second-order valence-corrected chi connectivity index (χ2v) is 5.41. The van der Waals surface area contributed by atoms with E-state index in [4.69, 9.17) is 0 Å². The Bertz CT molecular complexity index is 480. The van der Waals surface area contributed by atoms with Crippen molar-refractivity contribution in [1.82, 2.24) is 10.0 Å². The van der Waals surface area contributed by atoms with Crippen LogP contribution in [-0.2, 0) is 21.2 Å². The maximum atomic E-state index is 11.4. The van der Waals surface area contributed by atoms with E-state index in [1.54, 1.807) is 19.2 Å². The van der Waals surface area contributed by atoms with E-state index in [1.165, 1.54) is 19.2 Å². The quantitative estimate of drug-likeness (QED) is 0.794. The van der Waals surface area contributed by atoms with Crippen LogP contribution in [0.5, 0.6) is 0 Å². The van der Waals surface area contributed by atoms with Gasteiger partial charge in [0.2, 0.25) is 15.9 Å². The minimum atomic E-state index is -3.38. The van der Waals surface area contributed by atoms with Gasteiger partial charge in [-0.05, 0) is 31.2 Å². The smallest absolute Gasteiger partial charge is 0.240 e. The van der Waals surface area contributed by atoms with Gasteiger partial charge in [0.15, 0.2) is 0 Å². The lowest BCUT2D eigenvalue weighted by atomic mass is 10.1. The maximum absolute atomic E-state index is 11.4. The number of carbonyl (C=O) groups excluding carboxylic acids is 1. The van der Waals surface area contributed by atoms with Gasteiger partial charge in [0.25, 0.3) is 0 Å². The lowest BCUT2D eigenvalue weighted by molar-refractivity contribution is -0.120. The molecule has 0 fully saturated rings. The second kappa shape index (κ2) is 5.79. The first-order chi connectivity index (χ1) is 7.99. The summed E-state index contributed by atoms with van der Waals surface area (Å²) in [6.07, 6.45) is 0.994. The Labute approximate surface area is 101 Å². The minimum Gasteiger partial charge on any atom is -0.359 e. The van der Waals surface area contributed by atoms with Gasteiger partial charge in [-0.25, -0.2) is 13.1 Å². The van der Waals surface area contributed by atoms with Crippen molar-refractivity contribution in [3.63, 3.8) is 0 Å². The van der Waals surface area contributed by atoms with Crippen molar-refractivity contribution in [2.75, 3.05) is 14.1 Å². The van der Waals surface area contributed by atoms with E-state index >= 15 is 0 Å². The van der Waals surface area contributed by atoms with Crippen molar-refractivity contribution in [2.24, 2.45) is 0 Å². The fourth-order valence-corrected chi connectivity index (χ4v) is 2.07. The molecule has 1 aromatic rings. The van der Waals surface area contributed by atoms with Crippen LogP contribution in [0.3, 0.4) is 0 Å². The summed E-state index contributed by atoms with van der Waals surface area (Å²) in [5.74, 6) is -0.0306. The van der Waals surface area contributed by atoms with E-state index in [0.29, 0.717) is 12.8 Å². The largest absolute Gasteiger partial charge is 0.359 e. The van der Waals surface area contributed by atoms with Crippen LogP contribution in [-0.4, -0.2) is 28.4 Å². The van der Waals surface area contributed by atoms with E-state index in [1.807, 2.05) is 0 Å². The standard InChI is InChI=1S/C11H16N2O3S/c1-12-11(14)8-5-9-3-6-10(7-4-9)17(15,16)13-2/h3-4,6-7,13H,5,8H2,1-2H3,(H,12,14). The van der Waals surface area contributed by atoms with Crippen molar-refractivity contribution in [3.8, 4) is 0 Å². The van der Waals surface area contributed by atoms with Gasteiger partial charge in [-0.1, -0.05) is 12.1 Å². The number of sulfonamides is 1. The van der Waals surface area contributed by atoms with Crippen LogP contribution >= 0.6 is 0 Å². The van der Waals surface area contributed by atoms with Gasteiger partial charge in [-0.15, -0.1) is 0 Å². The SMILES string of the molecule is CNC(=O)CCc1ccc(S(=O)(=O)NC)cc1. The summed E-state index contributed by atoms with van der Waals surface area (Å²) < 4.78 is 25.1. The molecule has 0 aliphatic rings. The van der Waals surface area contributed by atoms with Crippen molar-refractivity contribution in [1.29, 1.82) is 0 Å². The third-order valence-electron chi connectivity index (χ3n) is 2.42. The number of aryl methyl sites for hydroxylation is 1. The van der Waals surface area contributed by atoms with Gasteiger partial charge in [0.1, 0.15) is 0 Å². The monoisotopic (exact) mass is 256 g/mol. The van der Waals surface area contributed by atoms with E-state index in [0.717, 1.165) is 5.56 Å². The molecule has 2 N–H and O–H groups in total. The molecule has 1 aromatic carbocycles. The highest BCUT2D eigenvalue weighted by Crippen LogP contribution is 2.11. The highest BCUT2D eigenvalue weighted by molar-refractivity contribution is 7.89. The Morgan fingerprint density at radius 2 is 1.76 bits per heavy atom. The normalized spacial score (nSPS) is 11.2. The molecule has 17 heavy (non-hydrogen) atoms. The molecule has 94 valence electrons. The number of amides is 1. The summed E-state index contributed by atoms with van der Waals surface area (Å²) in [4.78, 5) is 11.3. The zero-order valence-corrected chi connectivity index (χ0v) is 10.7. The minimum absolute atomic E-state index is 0.0306. The summed E-state index contributed by atoms with van der Waals surface area (Å²) in [6.45, 7) is 0. The molecule has 0 aliphatic heterocycles. The first kappa shape index (κ1) is 13.7. The second-order valence-electron chi connectivity index (χ2n) is 3.52. The maximum Gasteiger partial charge on any atom is 0.240 e. The van der Waals surface area contributed by atoms with Crippen molar-refractivity contribution < 1.29 is 13.2 Å². The molecule has 0 atom stereocenters. The van der Waals surface area contributed by atoms with Crippen LogP contribution in [0.15, 0.2) is 29.2 Å². The van der Waals surface area contributed by atoms with Gasteiger partial charge >= 0.3 is 0 Å². The van der Waals surface area contributed by atoms with Crippen LogP contribution in [0.25, 0.3) is 0 Å². The average molecular weight is 256 g/mol. The Morgan fingerprint density at radius 3 is 2.24 bits per heavy atom. The summed E-state index contributed by atoms with van der Waals surface area (Å²) in [6, 6.07) is 6.50. The van der Waals surface area contributed by atoms with Crippen LogP contribution in [0, 0.1) is 0 Å². The molecular formula is C11H16N2O3S. The molecule has 1 rings (SSSR count). The fraction of sp³-hybridized carbons (Fsp3) is 0.364. The van der Waals surface area contributed by atoms with E-state index in [2.05, 4.69) is 10.0 Å². The summed E-state index contributed by atoms with van der Waals surface area (Å²) in [5.41, 5.74) is 0.934. The number of benzene rings is 1. The summed E-state index contributed by atoms with van der Waals surface area (Å²) in [7, 11) is -0.422. The first-order valence-corrected chi connectivity index (χ1v) is 6.71. The third-order valence-corrected chi connectivity index (χ3v) is 3.85. The van der Waals surface area contributed by atoms with Gasteiger partial charge in [-0.2, -0.15) is 0 Å². The predicted molar refractivity (Wildman–Crippen MR) is 65.1 cm³/mol. The molecule has 0 aromatic heterocycles. The highest BCUT2D eigenvalue weighted by Gasteiger charge is 2.10. The van der Waals surface area contributed by atoms with E-state index in [9.17, 15) is 13.2 Å². The highest BCUT2D eigenvalue weighted by atomic mass is 32.2. The van der Waals surface area contributed by atoms with Crippen molar-refractivity contribution in [2.45, 2.75) is 17.7 Å². The Kier molecular flexibility index (Phi) is 4.65. The summed E-state index contributed by atoms with van der Waals surface area (Å²) >= 11 is 0. The molecular weight excluding hydrogens is 240 g/mol. The lowest BCUT2D eigenvalue weighted by Crippen LogP contribution is -2.19. The summed E-state index contributed by atoms with van der Waals surface area (Å²) in [5, 5.41) is 2.54. The zero-order valence-electron chi connectivity index (χ0n) is 9.86. The van der Waals surface area contributed by atoms with Crippen molar-refractivity contribution >= 4 is 15.9 Å². The zero-order chi connectivity index (χ0) is 12.9. The lowest BCUT2D eigenvalue weighted by Gasteiger charge is -2.04. The van der Waals surface area contributed by atoms with Gasteiger partial charge < -0.3 is 5.32 Å². The first-order valence-electron chi connectivity index (χ1n) is 5.22. The molecule has 0 radical (unpaired) electrons. The van der Waals surface area contributed by atoms with Crippen LogP contribution in [0.1, 0.15) is 12.0 Å². The van der Waals surface area contributed by atoms with E-state index in [-0.39, 0.29) is 10.8 Å². The van der Waals surface area contributed by atoms with E-state index < -0.39 is 10.0 Å². The molecule has 0 aliphatic carbocycles. The molecule has 6 heteroatoms. The van der Waals surface area contributed by atoms with Crippen LogP contribution in [0.4, 0.5) is 0 Å². The third kappa shape index (κ3) is 3.83. The topological polar surface area (TPSA) is 75.3 Å². The molecule has 5 nitrogen and oxygen atoms in total. The van der Waals surface area contributed by atoms with Gasteiger partial charge in [0.05, 0.1) is 4.90 Å². The Hall–Kier alpha value is -1.40. The molecule has 0 bridgehead atoms. The Balaban J connectivity index is 2.72. The average Bonchev–Trinajstić information content (AvgIpc) is 2.36. The molecule has 1 amide bonds. The van der Waals surface area contributed by atoms with Gasteiger partial charge in [0, 0.05) is 13.5 Å². The number of rotatable bonds is 5. The van der Waals surface area contributed by atoms with Crippen molar-refractivity contribution in [3.05, 3.63) is 29.8 Å². The Morgan fingerprint density at radius 1 is 1.18 bits per heavy atom. The van der Waals surface area contributed by atoms with Crippen LogP contribution < -0.4 is 10.0 Å². The molecule has 0 unspecified atom stereocenters. The van der Waals surface area contributed by atoms with Gasteiger partial charge in [-0.3, -0.25) is 4.79 Å². The number of hydrogen-bond donors (Lipinski definition) is 2. The molecule has 0 spiro atoms. The number of carbonyl (C=O) groups is 1. The fourth-order valence-electron chi connectivity index (χ4n) is 1.34. The number of hydrogen-bond acceptors (Lipinski definition) is 3. The molecule has 0 saturated carbocycles. The van der Waals surface area contributed by atoms with Crippen LogP contribution in [0.2, 0.25) is 0 Å². The molecule has 0 heterocycles.